The molecule has 0 aliphatic heterocycles. The molecule has 0 radical (unpaired) electrons. The van der Waals surface area contributed by atoms with Gasteiger partial charge >= 0.3 is 11.5 Å². The van der Waals surface area contributed by atoms with Crippen LogP contribution in [0.5, 0.6) is 0 Å². The third kappa shape index (κ3) is 2.04. The molecular formula is C12H13N2O3+. The Morgan fingerprint density at radius 1 is 1.47 bits per heavy atom. The summed E-state index contributed by atoms with van der Waals surface area (Å²) in [6, 6.07) is 3.67. The van der Waals surface area contributed by atoms with Crippen molar-refractivity contribution in [3.63, 3.8) is 0 Å². The first kappa shape index (κ1) is 11.3. The topological polar surface area (TPSA) is 61.9 Å². The van der Waals surface area contributed by atoms with Crippen LogP contribution in [-0.2, 0) is 4.74 Å². The minimum Gasteiger partial charge on any atom is -0.462 e. The molecule has 2 heterocycles. The van der Waals surface area contributed by atoms with E-state index in [2.05, 4.69) is 4.98 Å². The predicted molar refractivity (Wildman–Crippen MR) is 60.9 cm³/mol. The Hall–Kier alpha value is -2.17. The average Bonchev–Trinajstić information content (AvgIpc) is 2.30. The highest BCUT2D eigenvalue weighted by Gasteiger charge is 2.18. The molecule has 2 rings (SSSR count). The summed E-state index contributed by atoms with van der Waals surface area (Å²) in [6.07, 6.45) is 3.06. The van der Waals surface area contributed by atoms with Crippen molar-refractivity contribution in [3.8, 4) is 0 Å². The predicted octanol–water partition coefficient (Wildman–Crippen LogP) is 0.599. The molecule has 0 atom stereocenters. The standard InChI is InChI=1S/C12H12N2O3/c1-3-17-12(16)9-6-13-10-5-4-8(2)7-14(10)11(9)15/h4-7H,3H2,1-2H3/p+1. The van der Waals surface area contributed by atoms with E-state index in [0.717, 1.165) is 5.56 Å². The van der Waals surface area contributed by atoms with E-state index in [4.69, 9.17) is 4.74 Å². The van der Waals surface area contributed by atoms with Crippen molar-refractivity contribution in [3.05, 3.63) is 46.0 Å². The highest BCUT2D eigenvalue weighted by Crippen LogP contribution is 1.99. The molecule has 0 aromatic carbocycles. The number of carbonyl (C=O) groups excluding carboxylic acids is 1. The number of carbonyl (C=O) groups is 1. The second kappa shape index (κ2) is 4.37. The zero-order valence-electron chi connectivity index (χ0n) is 9.69. The van der Waals surface area contributed by atoms with Crippen molar-refractivity contribution in [1.29, 1.82) is 0 Å². The van der Waals surface area contributed by atoms with Crippen LogP contribution < -0.4 is 10.5 Å². The van der Waals surface area contributed by atoms with Gasteiger partial charge in [0, 0.05) is 6.07 Å². The molecular weight excluding hydrogens is 220 g/mol. The number of pyridine rings is 1. The highest BCUT2D eigenvalue weighted by atomic mass is 16.5. The van der Waals surface area contributed by atoms with Gasteiger partial charge in [-0.05, 0) is 25.5 Å². The molecule has 2 aromatic rings. The van der Waals surface area contributed by atoms with Crippen LogP contribution in [0.1, 0.15) is 22.8 Å². The van der Waals surface area contributed by atoms with E-state index in [1.54, 1.807) is 19.2 Å². The molecule has 0 aliphatic rings. The Bertz CT molecular complexity index is 631. The van der Waals surface area contributed by atoms with Gasteiger partial charge in [0.15, 0.2) is 5.56 Å². The third-order valence-electron chi connectivity index (χ3n) is 2.41. The number of ether oxygens (including phenoxy) is 1. The molecule has 0 amide bonds. The van der Waals surface area contributed by atoms with E-state index in [-0.39, 0.29) is 17.7 Å². The SMILES string of the molecule is CCOC(=O)c1c[nH+]c2ccc(C)cn2c1=O. The first-order chi connectivity index (χ1) is 8.13. The molecule has 0 fully saturated rings. The molecule has 0 unspecified atom stereocenters. The Morgan fingerprint density at radius 2 is 2.24 bits per heavy atom. The highest BCUT2D eigenvalue weighted by molar-refractivity contribution is 5.88. The maximum Gasteiger partial charge on any atom is 0.357 e. The van der Waals surface area contributed by atoms with Crippen molar-refractivity contribution in [1.82, 2.24) is 4.40 Å². The van der Waals surface area contributed by atoms with Crippen LogP contribution in [-0.4, -0.2) is 17.0 Å². The van der Waals surface area contributed by atoms with E-state index in [1.165, 1.54) is 10.6 Å². The van der Waals surface area contributed by atoms with Gasteiger partial charge in [-0.1, -0.05) is 0 Å². The first-order valence-electron chi connectivity index (χ1n) is 5.34. The normalized spacial score (nSPS) is 10.5. The van der Waals surface area contributed by atoms with Crippen molar-refractivity contribution >= 4 is 11.6 Å². The Morgan fingerprint density at radius 3 is 2.94 bits per heavy atom. The van der Waals surface area contributed by atoms with Crippen molar-refractivity contribution in [2.75, 3.05) is 6.61 Å². The van der Waals surface area contributed by atoms with E-state index >= 15 is 0 Å². The number of H-pyrrole nitrogens is 1. The van der Waals surface area contributed by atoms with Crippen LogP contribution in [0.15, 0.2) is 29.3 Å². The van der Waals surface area contributed by atoms with Gasteiger partial charge < -0.3 is 4.74 Å². The van der Waals surface area contributed by atoms with Gasteiger partial charge in [-0.15, -0.1) is 0 Å². The van der Waals surface area contributed by atoms with Crippen LogP contribution in [0, 0.1) is 6.92 Å². The van der Waals surface area contributed by atoms with Gasteiger partial charge in [0.1, 0.15) is 12.4 Å². The molecule has 17 heavy (non-hydrogen) atoms. The van der Waals surface area contributed by atoms with E-state index < -0.39 is 5.97 Å². The number of aromatic amines is 1. The molecule has 0 saturated carbocycles. The smallest absolute Gasteiger partial charge is 0.357 e. The van der Waals surface area contributed by atoms with Crippen molar-refractivity contribution in [2.24, 2.45) is 0 Å². The average molecular weight is 233 g/mol. The van der Waals surface area contributed by atoms with Crippen LogP contribution in [0.3, 0.4) is 0 Å². The lowest BCUT2D eigenvalue weighted by atomic mass is 10.3. The molecule has 0 aliphatic carbocycles. The van der Waals surface area contributed by atoms with Crippen LogP contribution in [0.4, 0.5) is 0 Å². The largest absolute Gasteiger partial charge is 0.462 e. The Labute approximate surface area is 97.7 Å². The maximum absolute atomic E-state index is 12.0. The molecule has 1 N–H and O–H groups in total. The molecule has 2 aromatic heterocycles. The van der Waals surface area contributed by atoms with Gasteiger partial charge in [0.05, 0.1) is 6.61 Å². The summed E-state index contributed by atoms with van der Waals surface area (Å²) in [5.41, 5.74) is 1.21. The number of aryl methyl sites for hydroxylation is 1. The third-order valence-corrected chi connectivity index (χ3v) is 2.41. The van der Waals surface area contributed by atoms with Crippen LogP contribution >= 0.6 is 0 Å². The quantitative estimate of drug-likeness (QED) is 0.713. The number of rotatable bonds is 2. The lowest BCUT2D eigenvalue weighted by molar-refractivity contribution is -0.351. The number of esters is 1. The number of hydrogen-bond donors (Lipinski definition) is 0. The Balaban J connectivity index is 2.65. The van der Waals surface area contributed by atoms with E-state index in [9.17, 15) is 9.59 Å². The molecule has 0 saturated heterocycles. The van der Waals surface area contributed by atoms with Gasteiger partial charge in [-0.3, -0.25) is 0 Å². The fourth-order valence-corrected chi connectivity index (χ4v) is 1.59. The number of aromatic nitrogens is 2. The van der Waals surface area contributed by atoms with Gasteiger partial charge in [-0.2, -0.15) is 4.40 Å². The minimum absolute atomic E-state index is 0.00921. The summed E-state index contributed by atoms with van der Waals surface area (Å²) < 4.78 is 6.22. The lowest BCUT2D eigenvalue weighted by Crippen LogP contribution is -2.29. The molecule has 0 spiro atoms. The first-order valence-corrected chi connectivity index (χ1v) is 5.34. The van der Waals surface area contributed by atoms with Crippen LogP contribution in [0.25, 0.3) is 5.65 Å². The molecule has 5 nitrogen and oxygen atoms in total. The van der Waals surface area contributed by atoms with Crippen molar-refractivity contribution in [2.45, 2.75) is 13.8 Å². The monoisotopic (exact) mass is 233 g/mol. The fraction of sp³-hybridized carbons (Fsp3) is 0.250. The molecule has 0 bridgehead atoms. The maximum atomic E-state index is 12.0. The van der Waals surface area contributed by atoms with Gasteiger partial charge in [0.25, 0.3) is 5.65 Å². The van der Waals surface area contributed by atoms with Crippen LogP contribution in [0.2, 0.25) is 0 Å². The summed E-state index contributed by atoms with van der Waals surface area (Å²) in [5, 5.41) is 0. The van der Waals surface area contributed by atoms with Gasteiger partial charge in [0.2, 0.25) is 0 Å². The zero-order chi connectivity index (χ0) is 12.4. The lowest BCUT2D eigenvalue weighted by Gasteiger charge is -1.99. The summed E-state index contributed by atoms with van der Waals surface area (Å²) in [4.78, 5) is 26.5. The van der Waals surface area contributed by atoms with Crippen molar-refractivity contribution < 1.29 is 14.5 Å². The summed E-state index contributed by atoms with van der Waals surface area (Å²) >= 11 is 0. The molecule has 5 heteroatoms. The minimum atomic E-state index is -0.607. The van der Waals surface area contributed by atoms with E-state index in [0.29, 0.717) is 5.65 Å². The summed E-state index contributed by atoms with van der Waals surface area (Å²) in [7, 11) is 0. The van der Waals surface area contributed by atoms with E-state index in [1.807, 2.05) is 13.0 Å². The number of hydrogen-bond acceptors (Lipinski definition) is 3. The van der Waals surface area contributed by atoms with Gasteiger partial charge in [-0.25, -0.2) is 14.6 Å². The Kier molecular flexibility index (Phi) is 2.91. The summed E-state index contributed by atoms with van der Waals surface area (Å²) in [6.45, 7) is 3.82. The second-order valence-electron chi connectivity index (χ2n) is 3.69. The fourth-order valence-electron chi connectivity index (χ4n) is 1.59. The number of nitrogens with zero attached hydrogens (tertiary/aromatic N) is 1. The molecule has 88 valence electrons. The number of fused-ring (bicyclic) bond motifs is 1. The second-order valence-corrected chi connectivity index (χ2v) is 3.69. The number of nitrogens with one attached hydrogen (secondary N) is 1. The zero-order valence-corrected chi connectivity index (χ0v) is 9.69. The summed E-state index contributed by atoms with van der Waals surface area (Å²) in [5.74, 6) is -0.607.